The van der Waals surface area contributed by atoms with Gasteiger partial charge in [0.15, 0.2) is 0 Å². The molecule has 0 aliphatic heterocycles. The number of carbonyl (C=O) groups is 2. The second-order valence-electron chi connectivity index (χ2n) is 6.78. The molecule has 8 heteroatoms. The van der Waals surface area contributed by atoms with Gasteiger partial charge in [0.2, 0.25) is 0 Å². The van der Waals surface area contributed by atoms with Crippen molar-refractivity contribution in [3.8, 4) is 5.75 Å². The molecule has 0 heterocycles. The number of hydrazone groups is 1. The maximum Gasteiger partial charge on any atom is 0.262 e. The molecule has 0 spiro atoms. The Bertz CT molecular complexity index is 883. The van der Waals surface area contributed by atoms with Crippen LogP contribution in [0.1, 0.15) is 36.2 Å². The molecule has 0 saturated carbocycles. The van der Waals surface area contributed by atoms with Gasteiger partial charge in [-0.3, -0.25) is 9.59 Å². The summed E-state index contributed by atoms with van der Waals surface area (Å²) in [6.45, 7) is 3.93. The molecule has 2 N–H and O–H groups in total. The Morgan fingerprint density at radius 2 is 1.76 bits per heavy atom. The zero-order valence-corrected chi connectivity index (χ0v) is 17.9. The predicted molar refractivity (Wildman–Crippen MR) is 116 cm³/mol. The van der Waals surface area contributed by atoms with Gasteiger partial charge in [0.25, 0.3) is 11.8 Å². The predicted octanol–water partition coefficient (Wildman–Crippen LogP) is 4.30. The standard InChI is InChI=1S/C21H23Cl2N3O3/c1-13(2)10-18(25-20(27)14-4-6-16(22)7-5-14)21(28)26-24-12-15-11-17(23)8-9-19(15)29-3/h4-9,11-13,18H,10H2,1-3H3,(H,25,27)(H,26,28). The minimum atomic E-state index is -0.739. The minimum Gasteiger partial charge on any atom is -0.496 e. The molecular formula is C21H23Cl2N3O3. The van der Waals surface area contributed by atoms with Crippen molar-refractivity contribution in [1.29, 1.82) is 0 Å². The minimum absolute atomic E-state index is 0.188. The number of nitrogens with one attached hydrogen (secondary N) is 2. The van der Waals surface area contributed by atoms with Crippen LogP contribution in [0.2, 0.25) is 10.0 Å². The molecule has 2 amide bonds. The van der Waals surface area contributed by atoms with Crippen LogP contribution < -0.4 is 15.5 Å². The lowest BCUT2D eigenvalue weighted by Gasteiger charge is -2.19. The highest BCUT2D eigenvalue weighted by Gasteiger charge is 2.22. The largest absolute Gasteiger partial charge is 0.496 e. The summed E-state index contributed by atoms with van der Waals surface area (Å²) in [6, 6.07) is 10.8. The van der Waals surface area contributed by atoms with Crippen LogP contribution in [-0.2, 0) is 4.79 Å². The van der Waals surface area contributed by atoms with Crippen molar-refractivity contribution in [1.82, 2.24) is 10.7 Å². The number of amides is 2. The molecule has 0 bridgehead atoms. The van der Waals surface area contributed by atoms with Crippen molar-refractivity contribution in [2.24, 2.45) is 11.0 Å². The Morgan fingerprint density at radius 3 is 2.38 bits per heavy atom. The lowest BCUT2D eigenvalue weighted by atomic mass is 10.0. The Balaban J connectivity index is 2.07. The Labute approximate surface area is 180 Å². The summed E-state index contributed by atoms with van der Waals surface area (Å²) in [4.78, 5) is 25.1. The summed E-state index contributed by atoms with van der Waals surface area (Å²) in [7, 11) is 1.53. The van der Waals surface area contributed by atoms with Crippen LogP contribution in [0.3, 0.4) is 0 Å². The monoisotopic (exact) mass is 435 g/mol. The first kappa shape index (κ1) is 22.7. The Kier molecular flexibility index (Phi) is 8.49. The molecular weight excluding hydrogens is 413 g/mol. The molecule has 2 aromatic rings. The van der Waals surface area contributed by atoms with Crippen molar-refractivity contribution in [2.45, 2.75) is 26.3 Å². The van der Waals surface area contributed by atoms with Crippen LogP contribution in [0.15, 0.2) is 47.6 Å². The summed E-state index contributed by atoms with van der Waals surface area (Å²) < 4.78 is 5.24. The first-order valence-corrected chi connectivity index (χ1v) is 9.78. The lowest BCUT2D eigenvalue weighted by Crippen LogP contribution is -2.46. The number of nitrogens with zero attached hydrogens (tertiary/aromatic N) is 1. The van der Waals surface area contributed by atoms with Crippen LogP contribution in [0.25, 0.3) is 0 Å². The second-order valence-corrected chi connectivity index (χ2v) is 7.66. The molecule has 0 radical (unpaired) electrons. The van der Waals surface area contributed by atoms with E-state index in [1.807, 2.05) is 13.8 Å². The fourth-order valence-electron chi connectivity index (χ4n) is 2.60. The number of halogens is 2. The molecule has 1 atom stereocenters. The topological polar surface area (TPSA) is 79.8 Å². The van der Waals surface area contributed by atoms with Gasteiger partial charge in [0.1, 0.15) is 11.8 Å². The summed E-state index contributed by atoms with van der Waals surface area (Å²) in [5.74, 6) is -0.0170. The molecule has 0 aromatic heterocycles. The van der Waals surface area contributed by atoms with Crippen LogP contribution in [0, 0.1) is 5.92 Å². The number of benzene rings is 2. The fraction of sp³-hybridized carbons (Fsp3) is 0.286. The van der Waals surface area contributed by atoms with E-state index in [2.05, 4.69) is 15.8 Å². The van der Waals surface area contributed by atoms with Gasteiger partial charge >= 0.3 is 0 Å². The molecule has 2 rings (SSSR count). The van der Waals surface area contributed by atoms with E-state index >= 15 is 0 Å². The number of hydrogen-bond acceptors (Lipinski definition) is 4. The molecule has 0 saturated heterocycles. The second kappa shape index (κ2) is 10.8. The molecule has 0 fully saturated rings. The fourth-order valence-corrected chi connectivity index (χ4v) is 2.90. The van der Waals surface area contributed by atoms with Gasteiger partial charge in [-0.25, -0.2) is 5.43 Å². The number of methoxy groups -OCH3 is 1. The van der Waals surface area contributed by atoms with E-state index in [1.54, 1.807) is 42.5 Å². The van der Waals surface area contributed by atoms with Gasteiger partial charge < -0.3 is 10.1 Å². The van der Waals surface area contributed by atoms with Gasteiger partial charge in [-0.05, 0) is 54.8 Å². The summed E-state index contributed by atoms with van der Waals surface area (Å²) in [5.41, 5.74) is 3.51. The first-order chi connectivity index (χ1) is 13.8. The van der Waals surface area contributed by atoms with Crippen molar-refractivity contribution in [2.75, 3.05) is 7.11 Å². The van der Waals surface area contributed by atoms with Crippen LogP contribution >= 0.6 is 23.2 Å². The van der Waals surface area contributed by atoms with E-state index in [4.69, 9.17) is 27.9 Å². The van der Waals surface area contributed by atoms with Crippen molar-refractivity contribution in [3.63, 3.8) is 0 Å². The van der Waals surface area contributed by atoms with Gasteiger partial charge in [-0.15, -0.1) is 0 Å². The highest BCUT2D eigenvalue weighted by molar-refractivity contribution is 6.31. The van der Waals surface area contributed by atoms with Gasteiger partial charge in [-0.2, -0.15) is 5.10 Å². The third-order valence-electron chi connectivity index (χ3n) is 4.01. The third kappa shape index (κ3) is 7.07. The lowest BCUT2D eigenvalue weighted by molar-refractivity contribution is -0.123. The zero-order chi connectivity index (χ0) is 21.4. The maximum absolute atomic E-state index is 12.6. The van der Waals surface area contributed by atoms with Crippen LogP contribution in [0.4, 0.5) is 0 Å². The van der Waals surface area contributed by atoms with E-state index in [0.29, 0.717) is 33.3 Å². The number of carbonyl (C=O) groups excluding carboxylic acids is 2. The zero-order valence-electron chi connectivity index (χ0n) is 16.4. The molecule has 6 nitrogen and oxygen atoms in total. The van der Waals surface area contributed by atoms with E-state index in [0.717, 1.165) is 0 Å². The van der Waals surface area contributed by atoms with Crippen molar-refractivity contribution < 1.29 is 14.3 Å². The van der Waals surface area contributed by atoms with Crippen molar-refractivity contribution in [3.05, 3.63) is 63.6 Å². The van der Waals surface area contributed by atoms with E-state index in [9.17, 15) is 9.59 Å². The van der Waals surface area contributed by atoms with Crippen LogP contribution in [-0.4, -0.2) is 31.2 Å². The molecule has 0 aliphatic rings. The highest BCUT2D eigenvalue weighted by Crippen LogP contribution is 2.20. The average molecular weight is 436 g/mol. The summed E-state index contributed by atoms with van der Waals surface area (Å²) in [6.07, 6.45) is 1.90. The molecule has 154 valence electrons. The summed E-state index contributed by atoms with van der Waals surface area (Å²) >= 11 is 11.8. The molecule has 29 heavy (non-hydrogen) atoms. The Morgan fingerprint density at radius 1 is 1.10 bits per heavy atom. The summed E-state index contributed by atoms with van der Waals surface area (Å²) in [5, 5.41) is 7.78. The Hall–Kier alpha value is -2.57. The first-order valence-electron chi connectivity index (χ1n) is 9.03. The molecule has 2 aromatic carbocycles. The smallest absolute Gasteiger partial charge is 0.262 e. The van der Waals surface area contributed by atoms with E-state index < -0.39 is 11.9 Å². The van der Waals surface area contributed by atoms with Gasteiger partial charge in [-0.1, -0.05) is 37.0 Å². The third-order valence-corrected chi connectivity index (χ3v) is 4.49. The normalized spacial score (nSPS) is 12.1. The number of hydrogen-bond donors (Lipinski definition) is 2. The maximum atomic E-state index is 12.6. The average Bonchev–Trinajstić information content (AvgIpc) is 2.67. The highest BCUT2D eigenvalue weighted by atomic mass is 35.5. The molecule has 1 unspecified atom stereocenters. The molecule has 0 aliphatic carbocycles. The van der Waals surface area contributed by atoms with E-state index in [-0.39, 0.29) is 11.8 Å². The van der Waals surface area contributed by atoms with Crippen molar-refractivity contribution >= 4 is 41.2 Å². The van der Waals surface area contributed by atoms with Crippen LogP contribution in [0.5, 0.6) is 5.75 Å². The SMILES string of the molecule is COc1ccc(Cl)cc1C=NNC(=O)C(CC(C)C)NC(=O)c1ccc(Cl)cc1. The number of ether oxygens (including phenoxy) is 1. The van der Waals surface area contributed by atoms with Gasteiger partial charge in [0, 0.05) is 21.2 Å². The van der Waals surface area contributed by atoms with Gasteiger partial charge in [0.05, 0.1) is 13.3 Å². The van der Waals surface area contributed by atoms with E-state index in [1.165, 1.54) is 13.3 Å². The quantitative estimate of drug-likeness (QED) is 0.479. The number of rotatable bonds is 8.